The number of anilines is 1. The first-order valence-electron chi connectivity index (χ1n) is 6.95. The maximum atomic E-state index is 11.6. The molecular weight excluding hydrogens is 236 g/mol. The van der Waals surface area contributed by atoms with Gasteiger partial charge in [-0.15, -0.1) is 0 Å². The van der Waals surface area contributed by atoms with Gasteiger partial charge in [0.25, 0.3) is 0 Å². The molecule has 0 atom stereocenters. The fraction of sp³-hybridized carbons (Fsp3) is 0.438. The van der Waals surface area contributed by atoms with Crippen molar-refractivity contribution in [3.63, 3.8) is 0 Å². The lowest BCUT2D eigenvalue weighted by Crippen LogP contribution is -2.23. The molecule has 0 unspecified atom stereocenters. The second-order valence-electron chi connectivity index (χ2n) is 5.00. The molecule has 0 aromatic heterocycles. The summed E-state index contributed by atoms with van der Waals surface area (Å²) in [7, 11) is 0. The molecule has 0 aliphatic heterocycles. The smallest absolute Gasteiger partial charge is 0.315 e. The molecule has 3 heteroatoms. The number of aryl methyl sites for hydroxylation is 1. The lowest BCUT2D eigenvalue weighted by molar-refractivity contribution is 0.255. The molecule has 0 heterocycles. The van der Waals surface area contributed by atoms with Crippen molar-refractivity contribution in [3.8, 4) is 0 Å². The van der Waals surface area contributed by atoms with Crippen LogP contribution in [-0.2, 0) is 6.42 Å². The van der Waals surface area contributed by atoms with E-state index in [0.717, 1.165) is 12.1 Å². The lowest BCUT2D eigenvalue weighted by Gasteiger charge is -2.06. The Hall–Kier alpha value is -1.77. The Kier molecular flexibility index (Phi) is 6.72. The molecular formula is C16H24N2O. The molecule has 2 N–H and O–H groups in total. The van der Waals surface area contributed by atoms with Gasteiger partial charge in [0, 0.05) is 11.9 Å². The summed E-state index contributed by atoms with van der Waals surface area (Å²) >= 11 is 0. The van der Waals surface area contributed by atoms with Gasteiger partial charge in [-0.1, -0.05) is 45.4 Å². The van der Waals surface area contributed by atoms with E-state index < -0.39 is 0 Å². The van der Waals surface area contributed by atoms with Gasteiger partial charge in [0.2, 0.25) is 0 Å². The third-order valence-corrected chi connectivity index (χ3v) is 2.73. The summed E-state index contributed by atoms with van der Waals surface area (Å²) in [6.45, 7) is 6.31. The van der Waals surface area contributed by atoms with Crippen molar-refractivity contribution >= 4 is 11.7 Å². The number of hydrogen-bond donors (Lipinski definition) is 2. The molecule has 0 aliphatic carbocycles. The SMILES string of the molecule is CCCCc1ccc(NC(=O)N/C=C/C(C)C)cc1. The van der Waals surface area contributed by atoms with Gasteiger partial charge in [0.15, 0.2) is 0 Å². The van der Waals surface area contributed by atoms with Crippen LogP contribution in [0.4, 0.5) is 10.5 Å². The summed E-state index contributed by atoms with van der Waals surface area (Å²) < 4.78 is 0. The van der Waals surface area contributed by atoms with Crippen molar-refractivity contribution in [2.45, 2.75) is 40.0 Å². The van der Waals surface area contributed by atoms with Crippen LogP contribution in [0.25, 0.3) is 0 Å². The Balaban J connectivity index is 2.42. The van der Waals surface area contributed by atoms with E-state index in [1.807, 2.05) is 18.2 Å². The Morgan fingerprint density at radius 2 is 1.95 bits per heavy atom. The number of benzene rings is 1. The summed E-state index contributed by atoms with van der Waals surface area (Å²) in [4.78, 5) is 11.6. The van der Waals surface area contributed by atoms with Crippen LogP contribution in [0, 0.1) is 5.92 Å². The van der Waals surface area contributed by atoms with E-state index in [2.05, 4.69) is 43.5 Å². The van der Waals surface area contributed by atoms with Crippen molar-refractivity contribution in [3.05, 3.63) is 42.1 Å². The number of carbonyl (C=O) groups excluding carboxylic acids is 1. The topological polar surface area (TPSA) is 41.1 Å². The average molecular weight is 260 g/mol. The standard InChI is InChI=1S/C16H24N2O/c1-4-5-6-14-7-9-15(10-8-14)18-16(19)17-12-11-13(2)3/h7-13H,4-6H2,1-3H3,(H2,17,18,19)/b12-11+. The van der Waals surface area contributed by atoms with E-state index in [0.29, 0.717) is 5.92 Å². The van der Waals surface area contributed by atoms with Gasteiger partial charge >= 0.3 is 6.03 Å². The van der Waals surface area contributed by atoms with Gasteiger partial charge in [-0.05, 0) is 36.5 Å². The van der Waals surface area contributed by atoms with Crippen molar-refractivity contribution in [1.82, 2.24) is 5.32 Å². The highest BCUT2D eigenvalue weighted by molar-refractivity contribution is 5.89. The summed E-state index contributed by atoms with van der Waals surface area (Å²) in [5.41, 5.74) is 2.13. The van der Waals surface area contributed by atoms with E-state index in [1.165, 1.54) is 18.4 Å². The number of hydrogen-bond acceptors (Lipinski definition) is 1. The van der Waals surface area contributed by atoms with Gasteiger partial charge in [0.05, 0.1) is 0 Å². The summed E-state index contributed by atoms with van der Waals surface area (Å²) in [6.07, 6.45) is 7.11. The predicted molar refractivity (Wildman–Crippen MR) is 81.2 cm³/mol. The molecule has 2 amide bonds. The minimum Gasteiger partial charge on any atom is -0.315 e. The molecule has 0 saturated carbocycles. The minimum atomic E-state index is -0.210. The van der Waals surface area contributed by atoms with Crippen LogP contribution in [0.3, 0.4) is 0 Å². The summed E-state index contributed by atoms with van der Waals surface area (Å²) in [5.74, 6) is 0.429. The zero-order valence-corrected chi connectivity index (χ0v) is 12.1. The number of rotatable bonds is 6. The zero-order valence-electron chi connectivity index (χ0n) is 12.1. The van der Waals surface area contributed by atoms with Crippen molar-refractivity contribution in [1.29, 1.82) is 0 Å². The Morgan fingerprint density at radius 1 is 1.26 bits per heavy atom. The highest BCUT2D eigenvalue weighted by atomic mass is 16.2. The van der Waals surface area contributed by atoms with E-state index in [1.54, 1.807) is 6.20 Å². The number of carbonyl (C=O) groups is 1. The van der Waals surface area contributed by atoms with Crippen molar-refractivity contribution in [2.24, 2.45) is 5.92 Å². The van der Waals surface area contributed by atoms with Crippen LogP contribution in [0.5, 0.6) is 0 Å². The molecule has 0 spiro atoms. The third-order valence-electron chi connectivity index (χ3n) is 2.73. The summed E-state index contributed by atoms with van der Waals surface area (Å²) in [6, 6.07) is 7.80. The number of unbranched alkanes of at least 4 members (excludes halogenated alkanes) is 1. The van der Waals surface area contributed by atoms with Crippen LogP contribution >= 0.6 is 0 Å². The lowest BCUT2D eigenvalue weighted by atomic mass is 10.1. The molecule has 0 bridgehead atoms. The van der Waals surface area contributed by atoms with Crippen LogP contribution in [0.1, 0.15) is 39.2 Å². The first-order valence-corrected chi connectivity index (χ1v) is 6.95. The minimum absolute atomic E-state index is 0.210. The largest absolute Gasteiger partial charge is 0.323 e. The zero-order chi connectivity index (χ0) is 14.1. The van der Waals surface area contributed by atoms with Crippen molar-refractivity contribution in [2.75, 3.05) is 5.32 Å². The maximum absolute atomic E-state index is 11.6. The first kappa shape index (κ1) is 15.3. The molecule has 1 rings (SSSR count). The number of urea groups is 1. The van der Waals surface area contributed by atoms with Gasteiger partial charge in [-0.3, -0.25) is 0 Å². The molecule has 0 saturated heterocycles. The number of allylic oxidation sites excluding steroid dienone is 1. The molecule has 19 heavy (non-hydrogen) atoms. The fourth-order valence-corrected chi connectivity index (χ4v) is 1.62. The van der Waals surface area contributed by atoms with Crippen LogP contribution in [-0.4, -0.2) is 6.03 Å². The quantitative estimate of drug-likeness (QED) is 0.785. The molecule has 1 aromatic carbocycles. The average Bonchev–Trinajstić information content (AvgIpc) is 2.37. The fourth-order valence-electron chi connectivity index (χ4n) is 1.62. The Labute approximate surface area is 116 Å². The van der Waals surface area contributed by atoms with E-state index in [4.69, 9.17) is 0 Å². The van der Waals surface area contributed by atoms with Gasteiger partial charge < -0.3 is 10.6 Å². The Morgan fingerprint density at radius 3 is 2.53 bits per heavy atom. The second-order valence-corrected chi connectivity index (χ2v) is 5.00. The maximum Gasteiger partial charge on any atom is 0.323 e. The third kappa shape index (κ3) is 6.65. The van der Waals surface area contributed by atoms with Gasteiger partial charge in [-0.25, -0.2) is 4.79 Å². The van der Waals surface area contributed by atoms with Gasteiger partial charge in [0.1, 0.15) is 0 Å². The normalized spacial score (nSPS) is 10.9. The second kappa shape index (κ2) is 8.35. The van der Waals surface area contributed by atoms with Crippen LogP contribution in [0.15, 0.2) is 36.5 Å². The highest BCUT2D eigenvalue weighted by Gasteiger charge is 1.99. The summed E-state index contributed by atoms with van der Waals surface area (Å²) in [5, 5.41) is 5.48. The van der Waals surface area contributed by atoms with E-state index in [9.17, 15) is 4.79 Å². The molecule has 0 fully saturated rings. The van der Waals surface area contributed by atoms with E-state index in [-0.39, 0.29) is 6.03 Å². The predicted octanol–water partition coefficient (Wildman–Crippen LogP) is 4.32. The van der Waals surface area contributed by atoms with Crippen molar-refractivity contribution < 1.29 is 4.79 Å². The Bertz CT molecular complexity index is 407. The first-order chi connectivity index (χ1) is 9.11. The number of nitrogens with one attached hydrogen (secondary N) is 2. The van der Waals surface area contributed by atoms with Crippen LogP contribution < -0.4 is 10.6 Å². The molecule has 0 radical (unpaired) electrons. The molecule has 0 aliphatic rings. The monoisotopic (exact) mass is 260 g/mol. The van der Waals surface area contributed by atoms with Gasteiger partial charge in [-0.2, -0.15) is 0 Å². The molecule has 1 aromatic rings. The molecule has 3 nitrogen and oxygen atoms in total. The van der Waals surface area contributed by atoms with Crippen LogP contribution in [0.2, 0.25) is 0 Å². The van der Waals surface area contributed by atoms with E-state index >= 15 is 0 Å². The molecule has 104 valence electrons. The number of amides is 2. The highest BCUT2D eigenvalue weighted by Crippen LogP contribution is 2.11.